The van der Waals surface area contributed by atoms with Crippen molar-refractivity contribution in [3.8, 4) is 0 Å². The van der Waals surface area contributed by atoms with Gasteiger partial charge in [0.25, 0.3) is 0 Å². The summed E-state index contributed by atoms with van der Waals surface area (Å²) in [6, 6.07) is -1.19. The van der Waals surface area contributed by atoms with E-state index in [0.29, 0.717) is 6.42 Å². The summed E-state index contributed by atoms with van der Waals surface area (Å²) < 4.78 is 4.39. The minimum absolute atomic E-state index is 0.0518. The van der Waals surface area contributed by atoms with Gasteiger partial charge in [0.1, 0.15) is 12.6 Å². The van der Waals surface area contributed by atoms with E-state index in [1.807, 2.05) is 6.26 Å². The van der Waals surface area contributed by atoms with Crippen LogP contribution >= 0.6 is 11.8 Å². The fourth-order valence-electron chi connectivity index (χ4n) is 2.07. The van der Waals surface area contributed by atoms with Gasteiger partial charge in [-0.1, -0.05) is 13.8 Å². The van der Waals surface area contributed by atoms with Gasteiger partial charge in [0, 0.05) is 18.4 Å². The van der Waals surface area contributed by atoms with Crippen LogP contribution in [0.25, 0.3) is 0 Å². The SMILES string of the molecule is COC(=O)CNC(=O)CNC(=O)[C@H](C)NC(=O)C[C@H](CCSC)NC(=O)C(C)C. The monoisotopic (exact) mass is 432 g/mol. The number of hydrogen-bond donors (Lipinski definition) is 4. The number of ether oxygens (including phenoxy) is 1. The van der Waals surface area contributed by atoms with Gasteiger partial charge in [-0.25, -0.2) is 0 Å². The van der Waals surface area contributed by atoms with Crippen molar-refractivity contribution in [1.82, 2.24) is 21.3 Å². The van der Waals surface area contributed by atoms with Crippen molar-refractivity contribution < 1.29 is 28.7 Å². The summed E-state index contributed by atoms with van der Waals surface area (Å²) in [5, 5.41) is 10.1. The lowest BCUT2D eigenvalue weighted by atomic mass is 10.1. The zero-order valence-electron chi connectivity index (χ0n) is 17.6. The third kappa shape index (κ3) is 12.7. The van der Waals surface area contributed by atoms with Gasteiger partial charge in [0.15, 0.2) is 0 Å². The van der Waals surface area contributed by atoms with Gasteiger partial charge in [0.2, 0.25) is 23.6 Å². The largest absolute Gasteiger partial charge is 0.468 e. The Labute approximate surface area is 175 Å². The molecule has 0 aliphatic heterocycles. The lowest BCUT2D eigenvalue weighted by Crippen LogP contribution is -2.49. The van der Waals surface area contributed by atoms with Crippen molar-refractivity contribution in [1.29, 1.82) is 0 Å². The summed E-state index contributed by atoms with van der Waals surface area (Å²) in [4.78, 5) is 58.7. The fraction of sp³-hybridized carbons (Fsp3) is 0.722. The van der Waals surface area contributed by atoms with Crippen LogP contribution in [-0.4, -0.2) is 73.9 Å². The molecule has 0 aromatic heterocycles. The van der Waals surface area contributed by atoms with Crippen LogP contribution in [0.2, 0.25) is 0 Å². The highest BCUT2D eigenvalue weighted by molar-refractivity contribution is 7.98. The van der Waals surface area contributed by atoms with Crippen LogP contribution in [0, 0.1) is 5.92 Å². The lowest BCUT2D eigenvalue weighted by Gasteiger charge is -2.21. The second kappa shape index (κ2) is 14.7. The van der Waals surface area contributed by atoms with E-state index in [4.69, 9.17) is 0 Å². The molecule has 0 saturated carbocycles. The normalized spacial score (nSPS) is 12.5. The number of carbonyl (C=O) groups excluding carboxylic acids is 5. The number of hydrogen-bond acceptors (Lipinski definition) is 7. The molecule has 0 bridgehead atoms. The smallest absolute Gasteiger partial charge is 0.325 e. The van der Waals surface area contributed by atoms with Gasteiger partial charge in [-0.3, -0.25) is 24.0 Å². The molecule has 29 heavy (non-hydrogen) atoms. The average Bonchev–Trinajstić information content (AvgIpc) is 2.67. The molecule has 0 rings (SSSR count). The molecular formula is C18H32N4O6S. The fourth-order valence-corrected chi connectivity index (χ4v) is 2.59. The highest BCUT2D eigenvalue weighted by Crippen LogP contribution is 2.06. The molecule has 0 aliphatic rings. The highest BCUT2D eigenvalue weighted by Gasteiger charge is 2.21. The molecule has 0 unspecified atom stereocenters. The number of carbonyl (C=O) groups is 5. The Bertz CT molecular complexity index is 585. The Morgan fingerprint density at radius 2 is 1.55 bits per heavy atom. The average molecular weight is 433 g/mol. The van der Waals surface area contributed by atoms with E-state index in [9.17, 15) is 24.0 Å². The molecule has 0 heterocycles. The first kappa shape index (κ1) is 26.7. The summed E-state index contributed by atoms with van der Waals surface area (Å²) in [5.74, 6) is -1.62. The molecule has 0 saturated heterocycles. The number of nitrogens with one attached hydrogen (secondary N) is 4. The topological polar surface area (TPSA) is 143 Å². The van der Waals surface area contributed by atoms with Gasteiger partial charge in [0.05, 0.1) is 13.7 Å². The molecule has 4 amide bonds. The number of thioether (sulfide) groups is 1. The number of esters is 1. The number of rotatable bonds is 13. The Hall–Kier alpha value is -2.30. The zero-order chi connectivity index (χ0) is 22.4. The van der Waals surface area contributed by atoms with Crippen molar-refractivity contribution in [3.63, 3.8) is 0 Å². The van der Waals surface area contributed by atoms with E-state index >= 15 is 0 Å². The van der Waals surface area contributed by atoms with E-state index < -0.39 is 23.8 Å². The predicted octanol–water partition coefficient (Wildman–Crippen LogP) is -0.819. The molecule has 0 aliphatic carbocycles. The molecular weight excluding hydrogens is 400 g/mol. The molecule has 0 aromatic carbocycles. The number of amides is 4. The maximum absolute atomic E-state index is 12.3. The molecule has 2 atom stereocenters. The molecule has 11 heteroatoms. The van der Waals surface area contributed by atoms with Crippen LogP contribution in [-0.2, 0) is 28.7 Å². The van der Waals surface area contributed by atoms with Crippen molar-refractivity contribution in [3.05, 3.63) is 0 Å². The van der Waals surface area contributed by atoms with Crippen LogP contribution < -0.4 is 21.3 Å². The molecule has 0 spiro atoms. The minimum atomic E-state index is -0.863. The van der Waals surface area contributed by atoms with E-state index in [1.165, 1.54) is 14.0 Å². The van der Waals surface area contributed by atoms with Crippen molar-refractivity contribution in [2.24, 2.45) is 5.92 Å². The van der Waals surface area contributed by atoms with Gasteiger partial charge in [-0.05, 0) is 25.4 Å². The second-order valence-corrected chi connectivity index (χ2v) is 7.69. The molecule has 0 aromatic rings. The van der Waals surface area contributed by atoms with Crippen molar-refractivity contribution in [2.75, 3.05) is 32.2 Å². The van der Waals surface area contributed by atoms with Crippen molar-refractivity contribution in [2.45, 2.75) is 45.7 Å². The van der Waals surface area contributed by atoms with E-state index in [2.05, 4.69) is 26.0 Å². The van der Waals surface area contributed by atoms with Crippen LogP contribution in [0.4, 0.5) is 0 Å². The molecule has 166 valence electrons. The van der Waals surface area contributed by atoms with Gasteiger partial charge >= 0.3 is 5.97 Å². The number of methoxy groups -OCH3 is 1. The van der Waals surface area contributed by atoms with E-state index in [0.717, 1.165) is 5.75 Å². The zero-order valence-corrected chi connectivity index (χ0v) is 18.4. The quantitative estimate of drug-likeness (QED) is 0.279. The Balaban J connectivity index is 4.45. The van der Waals surface area contributed by atoms with Crippen LogP contribution in [0.1, 0.15) is 33.6 Å². The van der Waals surface area contributed by atoms with Crippen LogP contribution in [0.15, 0.2) is 0 Å². The van der Waals surface area contributed by atoms with Crippen molar-refractivity contribution >= 4 is 41.4 Å². The third-order valence-electron chi connectivity index (χ3n) is 3.82. The molecule has 10 nitrogen and oxygen atoms in total. The van der Waals surface area contributed by atoms with Gasteiger partial charge in [-0.2, -0.15) is 11.8 Å². The van der Waals surface area contributed by atoms with Gasteiger partial charge < -0.3 is 26.0 Å². The first-order valence-corrected chi connectivity index (χ1v) is 10.7. The molecule has 0 fully saturated rings. The standard InChI is InChI=1S/C18H32N4O6S/c1-11(2)17(26)22-13(6-7-29-5)8-14(23)21-12(3)18(27)20-9-15(24)19-10-16(25)28-4/h11-13H,6-10H2,1-5H3,(H,19,24)(H,20,27)(H,21,23)(H,22,26)/t12-,13-/m0/s1. The van der Waals surface area contributed by atoms with Gasteiger partial charge in [-0.15, -0.1) is 0 Å². The lowest BCUT2D eigenvalue weighted by molar-refractivity contribution is -0.141. The predicted molar refractivity (Wildman–Crippen MR) is 110 cm³/mol. The van der Waals surface area contributed by atoms with E-state index in [1.54, 1.807) is 25.6 Å². The van der Waals surface area contributed by atoms with E-state index in [-0.39, 0.29) is 43.3 Å². The Morgan fingerprint density at radius 3 is 2.10 bits per heavy atom. The summed E-state index contributed by atoms with van der Waals surface area (Å²) in [7, 11) is 1.19. The Morgan fingerprint density at radius 1 is 0.897 bits per heavy atom. The van der Waals surface area contributed by atoms with Crippen LogP contribution in [0.5, 0.6) is 0 Å². The maximum Gasteiger partial charge on any atom is 0.325 e. The maximum atomic E-state index is 12.3. The molecule has 4 N–H and O–H groups in total. The summed E-state index contributed by atoms with van der Waals surface area (Å²) >= 11 is 1.61. The Kier molecular flexibility index (Phi) is 13.5. The van der Waals surface area contributed by atoms with Crippen LogP contribution in [0.3, 0.4) is 0 Å². The summed E-state index contributed by atoms with van der Waals surface area (Å²) in [5.41, 5.74) is 0. The summed E-state index contributed by atoms with van der Waals surface area (Å²) in [6.07, 6.45) is 2.62. The molecule has 0 radical (unpaired) electrons. The third-order valence-corrected chi connectivity index (χ3v) is 4.47. The first-order valence-electron chi connectivity index (χ1n) is 9.30. The second-order valence-electron chi connectivity index (χ2n) is 6.71. The first-order chi connectivity index (χ1) is 13.6. The summed E-state index contributed by atoms with van der Waals surface area (Å²) in [6.45, 7) is 4.40. The minimum Gasteiger partial charge on any atom is -0.468 e. The highest BCUT2D eigenvalue weighted by atomic mass is 32.2.